The number of ketones is 1. The van der Waals surface area contributed by atoms with Crippen LogP contribution in [0.4, 0.5) is 21.5 Å². The number of halogens is 1. The molecule has 0 bridgehead atoms. The van der Waals surface area contributed by atoms with Gasteiger partial charge in [0.25, 0.3) is 0 Å². The van der Waals surface area contributed by atoms with Gasteiger partial charge in [-0.1, -0.05) is 42.5 Å². The molecule has 0 fully saturated rings. The molecule has 1 aliphatic heterocycles. The van der Waals surface area contributed by atoms with Crippen LogP contribution in [0.15, 0.2) is 84.1 Å². The first-order valence-electron chi connectivity index (χ1n) is 10.9. The molecule has 32 heavy (non-hydrogen) atoms. The Morgan fingerprint density at radius 1 is 0.875 bits per heavy atom. The highest BCUT2D eigenvalue weighted by Crippen LogP contribution is 2.44. The van der Waals surface area contributed by atoms with Gasteiger partial charge < -0.3 is 15.5 Å². The van der Waals surface area contributed by atoms with Crippen molar-refractivity contribution < 1.29 is 9.18 Å². The molecule has 0 aromatic heterocycles. The SMILES string of the molecule is CN(C)c1ccc(C2CC(=O)C3=C(C2)Nc2ccccc2NC3c2ccccc2F)cc1. The molecular weight excluding hydrogens is 401 g/mol. The predicted molar refractivity (Wildman–Crippen MR) is 128 cm³/mol. The lowest BCUT2D eigenvalue weighted by atomic mass is 9.78. The fourth-order valence-corrected chi connectivity index (χ4v) is 4.72. The van der Waals surface area contributed by atoms with Gasteiger partial charge in [0.1, 0.15) is 5.82 Å². The fraction of sp³-hybridized carbons (Fsp3) is 0.222. The first-order chi connectivity index (χ1) is 15.5. The number of benzene rings is 3. The van der Waals surface area contributed by atoms with Crippen molar-refractivity contribution in [3.8, 4) is 0 Å². The highest BCUT2D eigenvalue weighted by Gasteiger charge is 2.36. The number of Topliss-reactive ketones (excluding diaryl/α,β-unsaturated/α-hetero) is 1. The van der Waals surface area contributed by atoms with Crippen molar-refractivity contribution in [1.29, 1.82) is 0 Å². The first kappa shape index (κ1) is 20.3. The molecular formula is C27H26FN3O. The number of rotatable bonds is 3. The molecule has 0 radical (unpaired) electrons. The molecule has 4 nitrogen and oxygen atoms in total. The summed E-state index contributed by atoms with van der Waals surface area (Å²) in [5, 5.41) is 6.94. The minimum Gasteiger partial charge on any atom is -0.378 e. The summed E-state index contributed by atoms with van der Waals surface area (Å²) in [6, 6.07) is 22.4. The summed E-state index contributed by atoms with van der Waals surface area (Å²) in [6.45, 7) is 0. The quantitative estimate of drug-likeness (QED) is 0.549. The number of allylic oxidation sites excluding steroid dienone is 1. The summed E-state index contributed by atoms with van der Waals surface area (Å²) < 4.78 is 14.8. The maximum atomic E-state index is 14.8. The average Bonchev–Trinajstić information content (AvgIpc) is 2.96. The number of carbonyl (C=O) groups is 1. The van der Waals surface area contributed by atoms with E-state index in [0.29, 0.717) is 24.0 Å². The van der Waals surface area contributed by atoms with Crippen molar-refractivity contribution in [3.63, 3.8) is 0 Å². The van der Waals surface area contributed by atoms with Crippen molar-refractivity contribution in [1.82, 2.24) is 0 Å². The van der Waals surface area contributed by atoms with E-state index in [1.54, 1.807) is 12.1 Å². The normalized spacial score (nSPS) is 19.9. The van der Waals surface area contributed by atoms with Crippen LogP contribution in [0.2, 0.25) is 0 Å². The van der Waals surface area contributed by atoms with E-state index in [2.05, 4.69) is 39.8 Å². The summed E-state index contributed by atoms with van der Waals surface area (Å²) >= 11 is 0. The van der Waals surface area contributed by atoms with E-state index in [-0.39, 0.29) is 17.5 Å². The van der Waals surface area contributed by atoms with Gasteiger partial charge in [-0.25, -0.2) is 4.39 Å². The maximum absolute atomic E-state index is 14.8. The van der Waals surface area contributed by atoms with Crippen molar-refractivity contribution in [2.45, 2.75) is 24.8 Å². The Hall–Kier alpha value is -3.60. The highest BCUT2D eigenvalue weighted by atomic mass is 19.1. The predicted octanol–water partition coefficient (Wildman–Crippen LogP) is 5.87. The number of carbonyl (C=O) groups excluding carboxylic acids is 1. The molecule has 1 heterocycles. The molecule has 2 unspecified atom stereocenters. The number of nitrogens with one attached hydrogen (secondary N) is 2. The maximum Gasteiger partial charge on any atom is 0.163 e. The van der Waals surface area contributed by atoms with Gasteiger partial charge in [-0.15, -0.1) is 0 Å². The number of hydrogen-bond donors (Lipinski definition) is 2. The van der Waals surface area contributed by atoms with Crippen LogP contribution in [0, 0.1) is 5.82 Å². The molecule has 0 saturated carbocycles. The monoisotopic (exact) mass is 427 g/mol. The lowest BCUT2D eigenvalue weighted by Crippen LogP contribution is -2.27. The Balaban J connectivity index is 1.57. The molecule has 3 aromatic carbocycles. The van der Waals surface area contributed by atoms with Crippen molar-refractivity contribution in [2.24, 2.45) is 0 Å². The number of nitrogens with zero attached hydrogens (tertiary/aromatic N) is 1. The van der Waals surface area contributed by atoms with Crippen molar-refractivity contribution >= 4 is 22.8 Å². The van der Waals surface area contributed by atoms with E-state index >= 15 is 0 Å². The topological polar surface area (TPSA) is 44.4 Å². The Bertz CT molecular complexity index is 1200. The van der Waals surface area contributed by atoms with Gasteiger partial charge in [-0.3, -0.25) is 4.79 Å². The lowest BCUT2D eigenvalue weighted by molar-refractivity contribution is -0.116. The molecule has 5 rings (SSSR count). The molecule has 0 amide bonds. The zero-order valence-corrected chi connectivity index (χ0v) is 18.2. The van der Waals surface area contributed by atoms with E-state index < -0.39 is 6.04 Å². The number of para-hydroxylation sites is 2. The van der Waals surface area contributed by atoms with Gasteiger partial charge in [-0.2, -0.15) is 0 Å². The Kier molecular flexibility index (Phi) is 5.17. The number of fused-ring (bicyclic) bond motifs is 1. The minimum atomic E-state index is -0.535. The van der Waals surface area contributed by atoms with Crippen LogP contribution in [-0.2, 0) is 4.79 Å². The Morgan fingerprint density at radius 2 is 1.56 bits per heavy atom. The van der Waals surface area contributed by atoms with Gasteiger partial charge in [0.15, 0.2) is 5.78 Å². The molecule has 2 aliphatic rings. The Labute approximate surface area is 187 Å². The number of anilines is 3. The third kappa shape index (κ3) is 3.64. The highest BCUT2D eigenvalue weighted by molar-refractivity contribution is 6.01. The largest absolute Gasteiger partial charge is 0.378 e. The summed E-state index contributed by atoms with van der Waals surface area (Å²) in [5.41, 5.74) is 6.01. The van der Waals surface area contributed by atoms with Crippen molar-refractivity contribution in [2.75, 3.05) is 29.6 Å². The first-order valence-corrected chi connectivity index (χ1v) is 10.9. The third-order valence-electron chi connectivity index (χ3n) is 6.41. The molecule has 3 aromatic rings. The third-order valence-corrected chi connectivity index (χ3v) is 6.41. The second-order valence-corrected chi connectivity index (χ2v) is 8.68. The van der Waals surface area contributed by atoms with Crippen LogP contribution in [0.1, 0.15) is 35.9 Å². The molecule has 1 aliphatic carbocycles. The molecule has 2 N–H and O–H groups in total. The van der Waals surface area contributed by atoms with Gasteiger partial charge >= 0.3 is 0 Å². The fourth-order valence-electron chi connectivity index (χ4n) is 4.72. The summed E-state index contributed by atoms with van der Waals surface area (Å²) in [5.74, 6) is -0.184. The number of hydrogen-bond acceptors (Lipinski definition) is 4. The van der Waals surface area contributed by atoms with Crippen LogP contribution in [0.25, 0.3) is 0 Å². The molecule has 0 spiro atoms. The van der Waals surface area contributed by atoms with Crippen LogP contribution in [-0.4, -0.2) is 19.9 Å². The summed E-state index contributed by atoms with van der Waals surface area (Å²) in [7, 11) is 4.03. The van der Waals surface area contributed by atoms with Gasteiger partial charge in [0.05, 0.1) is 17.4 Å². The molecule has 162 valence electrons. The summed E-state index contributed by atoms with van der Waals surface area (Å²) in [4.78, 5) is 15.6. The summed E-state index contributed by atoms with van der Waals surface area (Å²) in [6.07, 6.45) is 1.11. The van der Waals surface area contributed by atoms with Gasteiger partial charge in [0, 0.05) is 43.0 Å². The van der Waals surface area contributed by atoms with Crippen LogP contribution in [0.5, 0.6) is 0 Å². The van der Waals surface area contributed by atoms with Crippen molar-refractivity contribution in [3.05, 3.63) is 101 Å². The minimum absolute atomic E-state index is 0.0500. The van der Waals surface area contributed by atoms with Crippen LogP contribution >= 0.6 is 0 Å². The average molecular weight is 428 g/mol. The second-order valence-electron chi connectivity index (χ2n) is 8.68. The van der Waals surface area contributed by atoms with E-state index in [1.165, 1.54) is 6.07 Å². The zero-order valence-electron chi connectivity index (χ0n) is 18.2. The van der Waals surface area contributed by atoms with E-state index in [4.69, 9.17) is 0 Å². The van der Waals surface area contributed by atoms with Crippen LogP contribution < -0.4 is 15.5 Å². The van der Waals surface area contributed by atoms with E-state index in [0.717, 1.165) is 28.3 Å². The second kappa shape index (κ2) is 8.15. The van der Waals surface area contributed by atoms with Gasteiger partial charge in [-0.05, 0) is 48.2 Å². The van der Waals surface area contributed by atoms with E-state index in [1.807, 2.05) is 44.4 Å². The Morgan fingerprint density at radius 3 is 2.28 bits per heavy atom. The zero-order chi connectivity index (χ0) is 22.2. The molecule has 0 saturated heterocycles. The smallest absolute Gasteiger partial charge is 0.163 e. The molecule has 2 atom stereocenters. The standard InChI is InChI=1S/C27H26FN3O/c1-31(2)19-13-11-17(12-14-19)18-15-24-26(25(32)16-18)27(20-7-3-4-8-21(20)28)30-23-10-6-5-9-22(23)29-24/h3-14,18,27,29-30H,15-16H2,1-2H3. The van der Waals surface area contributed by atoms with Gasteiger partial charge in [0.2, 0.25) is 0 Å². The van der Waals surface area contributed by atoms with Crippen LogP contribution in [0.3, 0.4) is 0 Å². The lowest BCUT2D eigenvalue weighted by Gasteiger charge is -2.30. The molecule has 5 heteroatoms. The van der Waals surface area contributed by atoms with E-state index in [9.17, 15) is 9.18 Å².